The highest BCUT2D eigenvalue weighted by Gasteiger charge is 2.28. The van der Waals surface area contributed by atoms with Crippen molar-refractivity contribution in [3.8, 4) is 5.75 Å². The van der Waals surface area contributed by atoms with Crippen molar-refractivity contribution in [2.24, 2.45) is 10.9 Å². The van der Waals surface area contributed by atoms with E-state index in [1.54, 1.807) is 19.2 Å². The van der Waals surface area contributed by atoms with Crippen LogP contribution >= 0.6 is 0 Å². The van der Waals surface area contributed by atoms with Crippen LogP contribution in [0.2, 0.25) is 0 Å². The molecule has 0 bridgehead atoms. The van der Waals surface area contributed by atoms with E-state index < -0.39 is 12.8 Å². The van der Waals surface area contributed by atoms with Crippen molar-refractivity contribution < 1.29 is 27.4 Å². The summed E-state index contributed by atoms with van der Waals surface area (Å²) in [5.41, 5.74) is 0.790. The molecular formula is C20H30F3N3O3. The van der Waals surface area contributed by atoms with Gasteiger partial charge in [0.05, 0.1) is 26.4 Å². The lowest BCUT2D eigenvalue weighted by molar-refractivity contribution is -0.153. The van der Waals surface area contributed by atoms with E-state index in [1.807, 2.05) is 13.0 Å². The fourth-order valence-electron chi connectivity index (χ4n) is 3.04. The van der Waals surface area contributed by atoms with E-state index in [1.165, 1.54) is 6.07 Å². The Bertz CT molecular complexity index is 641. The lowest BCUT2D eigenvalue weighted by Gasteiger charge is -2.21. The Labute approximate surface area is 170 Å². The van der Waals surface area contributed by atoms with Crippen LogP contribution in [0.1, 0.15) is 18.9 Å². The third kappa shape index (κ3) is 8.91. The minimum atomic E-state index is -4.36. The van der Waals surface area contributed by atoms with E-state index in [-0.39, 0.29) is 5.75 Å². The number of nitrogens with zero attached hydrogens (tertiary/aromatic N) is 2. The molecule has 0 aromatic heterocycles. The third-order valence-electron chi connectivity index (χ3n) is 4.42. The fourth-order valence-corrected chi connectivity index (χ4v) is 3.04. The molecule has 9 heteroatoms. The van der Waals surface area contributed by atoms with Crippen molar-refractivity contribution >= 4 is 5.96 Å². The van der Waals surface area contributed by atoms with Crippen molar-refractivity contribution in [3.05, 3.63) is 29.8 Å². The van der Waals surface area contributed by atoms with Gasteiger partial charge < -0.3 is 24.4 Å². The van der Waals surface area contributed by atoms with Crippen molar-refractivity contribution in [1.82, 2.24) is 10.2 Å². The molecule has 0 amide bonds. The lowest BCUT2D eigenvalue weighted by atomic mass is 10.1. The highest BCUT2D eigenvalue weighted by atomic mass is 19.4. The number of aliphatic imine (C=N–C) groups is 1. The molecule has 6 nitrogen and oxygen atoms in total. The van der Waals surface area contributed by atoms with E-state index in [0.29, 0.717) is 32.3 Å². The van der Waals surface area contributed by atoms with Crippen LogP contribution < -0.4 is 10.1 Å². The molecule has 2 rings (SSSR count). The predicted molar refractivity (Wildman–Crippen MR) is 105 cm³/mol. The molecular weight excluding hydrogens is 387 g/mol. The van der Waals surface area contributed by atoms with Crippen LogP contribution in [0.4, 0.5) is 13.2 Å². The maximum atomic E-state index is 12.3. The number of benzene rings is 1. The highest BCUT2D eigenvalue weighted by Crippen LogP contribution is 2.20. The van der Waals surface area contributed by atoms with E-state index in [9.17, 15) is 13.2 Å². The van der Waals surface area contributed by atoms with Crippen LogP contribution in [-0.4, -0.2) is 70.2 Å². The van der Waals surface area contributed by atoms with Gasteiger partial charge in [0.2, 0.25) is 0 Å². The first kappa shape index (κ1) is 23.3. The monoisotopic (exact) mass is 417 g/mol. The first-order valence-corrected chi connectivity index (χ1v) is 9.79. The van der Waals surface area contributed by atoms with Gasteiger partial charge in [-0.25, -0.2) is 4.99 Å². The number of alkyl halides is 3. The first-order chi connectivity index (χ1) is 13.9. The zero-order chi connectivity index (χ0) is 21.1. The van der Waals surface area contributed by atoms with Gasteiger partial charge in [-0.05, 0) is 31.0 Å². The van der Waals surface area contributed by atoms with Gasteiger partial charge in [-0.15, -0.1) is 0 Å². The summed E-state index contributed by atoms with van der Waals surface area (Å²) in [6.07, 6.45) is -3.33. The summed E-state index contributed by atoms with van der Waals surface area (Å²) in [5, 5.41) is 3.29. The van der Waals surface area contributed by atoms with Crippen LogP contribution in [0.5, 0.6) is 5.75 Å². The van der Waals surface area contributed by atoms with Crippen LogP contribution in [0.25, 0.3) is 0 Å². The van der Waals surface area contributed by atoms with Gasteiger partial charge in [-0.3, -0.25) is 0 Å². The number of nitrogens with one attached hydrogen (secondary N) is 1. The number of hydrogen-bond donors (Lipinski definition) is 1. The topological polar surface area (TPSA) is 55.3 Å². The Morgan fingerprint density at radius 3 is 2.86 bits per heavy atom. The number of guanidine groups is 1. The van der Waals surface area contributed by atoms with Crippen molar-refractivity contribution in [2.75, 3.05) is 53.2 Å². The quantitative estimate of drug-likeness (QED) is 0.360. The average Bonchev–Trinajstić information content (AvgIpc) is 3.15. The van der Waals surface area contributed by atoms with E-state index >= 15 is 0 Å². The maximum absolute atomic E-state index is 12.3. The second kappa shape index (κ2) is 11.9. The summed E-state index contributed by atoms with van der Waals surface area (Å²) in [4.78, 5) is 6.85. The lowest BCUT2D eigenvalue weighted by Crippen LogP contribution is -2.40. The molecule has 1 saturated heterocycles. The van der Waals surface area contributed by atoms with Gasteiger partial charge in [0.1, 0.15) is 5.75 Å². The standard InChI is InChI=1S/C20H30F3N3O3/c1-3-24-19(26-8-7-17(13-26)14-28-10-9-27-2)25-12-16-5-4-6-18(11-16)29-15-20(21,22)23/h4-6,11,17H,3,7-10,12-15H2,1-2H3,(H,24,25). The predicted octanol–water partition coefficient (Wildman–Crippen LogP) is 3.08. The van der Waals surface area contributed by atoms with Crippen molar-refractivity contribution in [1.29, 1.82) is 0 Å². The Morgan fingerprint density at radius 2 is 2.14 bits per heavy atom. The number of methoxy groups -OCH3 is 1. The highest BCUT2D eigenvalue weighted by molar-refractivity contribution is 5.80. The molecule has 0 saturated carbocycles. The summed E-state index contributed by atoms with van der Waals surface area (Å²) < 4.78 is 52.4. The number of rotatable bonds is 10. The second-order valence-electron chi connectivity index (χ2n) is 6.89. The Balaban J connectivity index is 1.90. The second-order valence-corrected chi connectivity index (χ2v) is 6.89. The van der Waals surface area contributed by atoms with Crippen molar-refractivity contribution in [3.63, 3.8) is 0 Å². The summed E-state index contributed by atoms with van der Waals surface area (Å²) >= 11 is 0. The SMILES string of the molecule is CCNC(=NCc1cccc(OCC(F)(F)F)c1)N1CCC(COCCOC)C1. The molecule has 0 radical (unpaired) electrons. The molecule has 1 aromatic carbocycles. The third-order valence-corrected chi connectivity index (χ3v) is 4.42. The molecule has 1 atom stereocenters. The fraction of sp³-hybridized carbons (Fsp3) is 0.650. The van der Waals surface area contributed by atoms with Gasteiger partial charge >= 0.3 is 6.18 Å². The van der Waals surface area contributed by atoms with E-state index in [2.05, 4.69) is 15.2 Å². The van der Waals surface area contributed by atoms with Crippen molar-refractivity contribution in [2.45, 2.75) is 26.1 Å². The number of ether oxygens (including phenoxy) is 3. The number of likely N-dealkylation sites (tertiary alicyclic amines) is 1. The molecule has 1 heterocycles. The molecule has 29 heavy (non-hydrogen) atoms. The van der Waals surface area contributed by atoms with Gasteiger partial charge in [0.25, 0.3) is 0 Å². The number of hydrogen-bond acceptors (Lipinski definition) is 4. The van der Waals surface area contributed by atoms with E-state index in [4.69, 9.17) is 14.2 Å². The molecule has 0 spiro atoms. The largest absolute Gasteiger partial charge is 0.484 e. The first-order valence-electron chi connectivity index (χ1n) is 9.79. The summed E-state index contributed by atoms with van der Waals surface area (Å²) in [6.45, 7) is 5.41. The molecule has 1 fully saturated rings. The normalized spacial score (nSPS) is 17.6. The molecule has 164 valence electrons. The minimum Gasteiger partial charge on any atom is -0.484 e. The summed E-state index contributed by atoms with van der Waals surface area (Å²) in [6, 6.07) is 6.60. The zero-order valence-corrected chi connectivity index (χ0v) is 17.0. The Hall–Kier alpha value is -2.00. The molecule has 0 aliphatic carbocycles. The van der Waals surface area contributed by atoms with Gasteiger partial charge in [-0.2, -0.15) is 13.2 Å². The molecule has 1 aromatic rings. The Morgan fingerprint density at radius 1 is 1.31 bits per heavy atom. The Kier molecular flexibility index (Phi) is 9.53. The van der Waals surface area contributed by atoms with Crippen LogP contribution in [-0.2, 0) is 16.0 Å². The van der Waals surface area contributed by atoms with Gasteiger partial charge in [0, 0.05) is 32.7 Å². The minimum absolute atomic E-state index is 0.189. The molecule has 1 unspecified atom stereocenters. The van der Waals surface area contributed by atoms with Crippen LogP contribution in [0, 0.1) is 5.92 Å². The van der Waals surface area contributed by atoms with Gasteiger partial charge in [-0.1, -0.05) is 12.1 Å². The summed E-state index contributed by atoms with van der Waals surface area (Å²) in [5.74, 6) is 1.43. The maximum Gasteiger partial charge on any atom is 0.422 e. The number of halogens is 3. The van der Waals surface area contributed by atoms with E-state index in [0.717, 1.165) is 37.6 Å². The molecule has 1 aliphatic rings. The average molecular weight is 417 g/mol. The molecule has 1 aliphatic heterocycles. The zero-order valence-electron chi connectivity index (χ0n) is 17.0. The smallest absolute Gasteiger partial charge is 0.422 e. The summed E-state index contributed by atoms with van der Waals surface area (Å²) in [7, 11) is 1.65. The van der Waals surface area contributed by atoms with Crippen LogP contribution in [0.3, 0.4) is 0 Å². The van der Waals surface area contributed by atoms with Gasteiger partial charge in [0.15, 0.2) is 12.6 Å². The van der Waals surface area contributed by atoms with Crippen LogP contribution in [0.15, 0.2) is 29.3 Å². The molecule has 1 N–H and O–H groups in total.